The van der Waals surface area contributed by atoms with Crippen LogP contribution in [0.4, 0.5) is 0 Å². The highest BCUT2D eigenvalue weighted by Gasteiger charge is 2.34. The molecule has 3 rings (SSSR count). The quantitative estimate of drug-likeness (QED) is 0.929. The van der Waals surface area contributed by atoms with Crippen molar-refractivity contribution >= 4 is 23.0 Å². The summed E-state index contributed by atoms with van der Waals surface area (Å²) in [4.78, 5) is 30.5. The molecule has 0 aromatic carbocycles. The van der Waals surface area contributed by atoms with E-state index in [2.05, 4.69) is 10.1 Å². The molecule has 1 fully saturated rings. The van der Waals surface area contributed by atoms with E-state index in [0.29, 0.717) is 35.3 Å². The molecule has 0 saturated carbocycles. The second-order valence-corrected chi connectivity index (χ2v) is 6.55. The number of rotatable bonds is 3. The van der Waals surface area contributed by atoms with Crippen molar-refractivity contribution in [3.63, 3.8) is 0 Å². The second-order valence-electron chi connectivity index (χ2n) is 6.55. The maximum atomic E-state index is 13.1. The van der Waals surface area contributed by atoms with Gasteiger partial charge in [-0.15, -0.1) is 0 Å². The van der Waals surface area contributed by atoms with Crippen LogP contribution in [0.5, 0.6) is 0 Å². The summed E-state index contributed by atoms with van der Waals surface area (Å²) in [5, 5.41) is 13.9. The van der Waals surface area contributed by atoms with E-state index in [9.17, 15) is 14.7 Å². The summed E-state index contributed by atoms with van der Waals surface area (Å²) < 4.78 is 5.24. The van der Waals surface area contributed by atoms with Gasteiger partial charge in [-0.3, -0.25) is 4.79 Å². The number of nitrogens with zero attached hydrogens (tertiary/aromatic N) is 3. The van der Waals surface area contributed by atoms with Gasteiger partial charge in [-0.1, -0.05) is 19.0 Å². The van der Waals surface area contributed by atoms with E-state index in [1.54, 1.807) is 13.0 Å². The third kappa shape index (κ3) is 2.74. The summed E-state index contributed by atoms with van der Waals surface area (Å²) in [6.07, 6.45) is 2.11. The first-order valence-corrected chi connectivity index (χ1v) is 8.21. The number of carbonyl (C=O) groups is 2. The SMILES string of the molecule is Cc1noc2nc(C(C)C)cc(C(=O)N3CCCCC3C(=O)O)c12. The maximum Gasteiger partial charge on any atom is 0.326 e. The van der Waals surface area contributed by atoms with Gasteiger partial charge < -0.3 is 14.5 Å². The first kappa shape index (κ1) is 16.4. The third-order valence-corrected chi connectivity index (χ3v) is 4.51. The molecule has 1 unspecified atom stereocenters. The van der Waals surface area contributed by atoms with Crippen LogP contribution in [-0.4, -0.2) is 44.6 Å². The molecule has 128 valence electrons. The Bertz CT molecular complexity index is 796. The predicted molar refractivity (Wildman–Crippen MR) is 86.9 cm³/mol. The lowest BCUT2D eigenvalue weighted by molar-refractivity contribution is -0.143. The number of carbonyl (C=O) groups excluding carboxylic acids is 1. The van der Waals surface area contributed by atoms with Crippen LogP contribution in [0, 0.1) is 6.92 Å². The zero-order chi connectivity index (χ0) is 17.4. The molecule has 1 aliphatic rings. The fraction of sp³-hybridized carbons (Fsp3) is 0.529. The molecule has 2 aromatic heterocycles. The summed E-state index contributed by atoms with van der Waals surface area (Å²) in [6.45, 7) is 6.16. The van der Waals surface area contributed by atoms with Crippen LogP contribution >= 0.6 is 0 Å². The van der Waals surface area contributed by atoms with Crippen molar-refractivity contribution in [2.24, 2.45) is 0 Å². The highest BCUT2D eigenvalue weighted by atomic mass is 16.5. The van der Waals surface area contributed by atoms with Gasteiger partial charge in [-0.2, -0.15) is 0 Å². The van der Waals surface area contributed by atoms with Crippen molar-refractivity contribution in [3.8, 4) is 0 Å². The molecule has 1 N–H and O–H groups in total. The van der Waals surface area contributed by atoms with Crippen LogP contribution in [0.15, 0.2) is 10.6 Å². The molecule has 24 heavy (non-hydrogen) atoms. The van der Waals surface area contributed by atoms with Gasteiger partial charge in [0.1, 0.15) is 6.04 Å². The van der Waals surface area contributed by atoms with Crippen LogP contribution in [0.3, 0.4) is 0 Å². The normalized spacial score (nSPS) is 18.3. The average molecular weight is 331 g/mol. The smallest absolute Gasteiger partial charge is 0.326 e. The number of aliphatic carboxylic acids is 1. The number of carboxylic acids is 1. The largest absolute Gasteiger partial charge is 0.480 e. The van der Waals surface area contributed by atoms with Gasteiger partial charge in [0, 0.05) is 12.2 Å². The number of hydrogen-bond acceptors (Lipinski definition) is 5. The molecule has 0 spiro atoms. The maximum absolute atomic E-state index is 13.1. The van der Waals surface area contributed by atoms with Crippen LogP contribution in [0.2, 0.25) is 0 Å². The summed E-state index contributed by atoms with van der Waals surface area (Å²) in [6, 6.07) is 0.963. The first-order chi connectivity index (χ1) is 11.4. The zero-order valence-electron chi connectivity index (χ0n) is 14.1. The molecule has 3 heterocycles. The summed E-state index contributed by atoms with van der Waals surface area (Å²) in [7, 11) is 0. The molecule has 1 saturated heterocycles. The van der Waals surface area contributed by atoms with E-state index >= 15 is 0 Å². The van der Waals surface area contributed by atoms with Crippen LogP contribution in [0.25, 0.3) is 11.1 Å². The number of pyridine rings is 1. The fourth-order valence-electron chi connectivity index (χ4n) is 3.16. The molecule has 0 bridgehead atoms. The van der Waals surface area contributed by atoms with Crippen molar-refractivity contribution in [1.82, 2.24) is 15.0 Å². The number of piperidine rings is 1. The first-order valence-electron chi connectivity index (χ1n) is 8.21. The monoisotopic (exact) mass is 331 g/mol. The lowest BCUT2D eigenvalue weighted by atomic mass is 9.98. The molecule has 1 aliphatic heterocycles. The van der Waals surface area contributed by atoms with Crippen molar-refractivity contribution in [1.29, 1.82) is 0 Å². The van der Waals surface area contributed by atoms with Crippen LogP contribution < -0.4 is 0 Å². The average Bonchev–Trinajstić information content (AvgIpc) is 2.94. The standard InChI is InChI=1S/C17H21N3O4/c1-9(2)12-8-11(14-10(3)19-24-15(14)18-12)16(21)20-7-5-4-6-13(20)17(22)23/h8-9,13H,4-7H2,1-3H3,(H,22,23). The van der Waals surface area contributed by atoms with Gasteiger partial charge in [0.15, 0.2) is 0 Å². The molecule has 7 heteroatoms. The summed E-state index contributed by atoms with van der Waals surface area (Å²) in [5.41, 5.74) is 2.06. The number of carboxylic acid groups (broad SMARTS) is 1. The highest BCUT2D eigenvalue weighted by Crippen LogP contribution is 2.28. The minimum absolute atomic E-state index is 0.114. The minimum atomic E-state index is -0.959. The van der Waals surface area contributed by atoms with E-state index < -0.39 is 12.0 Å². The Kier molecular flexibility index (Phi) is 4.26. The van der Waals surface area contributed by atoms with Crippen molar-refractivity contribution < 1.29 is 19.2 Å². The van der Waals surface area contributed by atoms with Gasteiger partial charge in [0.2, 0.25) is 0 Å². The Morgan fingerprint density at radius 3 is 2.79 bits per heavy atom. The van der Waals surface area contributed by atoms with E-state index in [1.165, 1.54) is 4.90 Å². The van der Waals surface area contributed by atoms with E-state index in [1.807, 2.05) is 13.8 Å². The summed E-state index contributed by atoms with van der Waals surface area (Å²) >= 11 is 0. The number of hydrogen-bond donors (Lipinski definition) is 1. The Labute approximate surface area is 139 Å². The van der Waals surface area contributed by atoms with Crippen molar-refractivity contribution in [2.45, 2.75) is 52.0 Å². The van der Waals surface area contributed by atoms with E-state index in [-0.39, 0.29) is 11.8 Å². The van der Waals surface area contributed by atoms with E-state index in [0.717, 1.165) is 18.5 Å². The van der Waals surface area contributed by atoms with Crippen LogP contribution in [0.1, 0.15) is 60.8 Å². The minimum Gasteiger partial charge on any atom is -0.480 e. The zero-order valence-corrected chi connectivity index (χ0v) is 14.1. The lowest BCUT2D eigenvalue weighted by Gasteiger charge is -2.33. The van der Waals surface area contributed by atoms with Crippen molar-refractivity contribution in [2.75, 3.05) is 6.54 Å². The van der Waals surface area contributed by atoms with Gasteiger partial charge >= 0.3 is 5.97 Å². The summed E-state index contributed by atoms with van der Waals surface area (Å²) in [5.74, 6) is -1.13. The fourth-order valence-corrected chi connectivity index (χ4v) is 3.16. The molecule has 2 aromatic rings. The number of aryl methyl sites for hydroxylation is 1. The Balaban J connectivity index is 2.11. The number of aromatic nitrogens is 2. The van der Waals surface area contributed by atoms with E-state index in [4.69, 9.17) is 4.52 Å². The number of likely N-dealkylation sites (tertiary alicyclic amines) is 1. The second kappa shape index (κ2) is 6.22. The molecule has 1 amide bonds. The Morgan fingerprint density at radius 1 is 1.38 bits per heavy atom. The van der Waals surface area contributed by atoms with Crippen molar-refractivity contribution in [3.05, 3.63) is 23.0 Å². The van der Waals surface area contributed by atoms with Gasteiger partial charge in [-0.05, 0) is 38.2 Å². The molecule has 0 aliphatic carbocycles. The molecule has 0 radical (unpaired) electrons. The predicted octanol–water partition coefficient (Wildman–Crippen LogP) is 2.73. The molecule has 7 nitrogen and oxygen atoms in total. The Morgan fingerprint density at radius 2 is 2.12 bits per heavy atom. The number of amides is 1. The van der Waals surface area contributed by atoms with Gasteiger partial charge in [0.05, 0.1) is 16.6 Å². The number of fused-ring (bicyclic) bond motifs is 1. The molecular formula is C17H21N3O4. The van der Waals surface area contributed by atoms with Gasteiger partial charge in [-0.25, -0.2) is 9.78 Å². The third-order valence-electron chi connectivity index (χ3n) is 4.51. The molecular weight excluding hydrogens is 310 g/mol. The lowest BCUT2D eigenvalue weighted by Crippen LogP contribution is -2.48. The molecule has 1 atom stereocenters. The van der Waals surface area contributed by atoms with Crippen LogP contribution in [-0.2, 0) is 4.79 Å². The topological polar surface area (TPSA) is 96.5 Å². The van der Waals surface area contributed by atoms with Gasteiger partial charge in [0.25, 0.3) is 11.6 Å². The Hall–Kier alpha value is -2.44. The highest BCUT2D eigenvalue weighted by molar-refractivity contribution is 6.07.